The van der Waals surface area contributed by atoms with Crippen molar-refractivity contribution < 1.29 is 39.6 Å². The summed E-state index contributed by atoms with van der Waals surface area (Å²) >= 11 is 2.80. The number of benzene rings is 2. The molecule has 3 heterocycles. The van der Waals surface area contributed by atoms with Crippen LogP contribution >= 0.6 is 23.1 Å². The first-order valence-electron chi connectivity index (χ1n) is 15.7. The van der Waals surface area contributed by atoms with Gasteiger partial charge in [-0.15, -0.1) is 20.4 Å². The van der Waals surface area contributed by atoms with E-state index in [-0.39, 0.29) is 68.1 Å². The summed E-state index contributed by atoms with van der Waals surface area (Å²) < 4.78 is 1.86. The van der Waals surface area contributed by atoms with E-state index >= 15 is 0 Å². The third-order valence-electron chi connectivity index (χ3n) is 6.96. The Morgan fingerprint density at radius 3 is 1.70 bits per heavy atom. The number of carbonyl (C=O) groups is 4. The van der Waals surface area contributed by atoms with E-state index in [1.54, 1.807) is 11.8 Å². The van der Waals surface area contributed by atoms with Gasteiger partial charge in [-0.25, -0.2) is 19.2 Å². The summed E-state index contributed by atoms with van der Waals surface area (Å²) in [5.41, 5.74) is 5.05. The molecule has 5 rings (SSSR count). The lowest BCUT2D eigenvalue weighted by molar-refractivity contribution is 0.0676. The van der Waals surface area contributed by atoms with E-state index in [2.05, 4.69) is 65.0 Å². The van der Waals surface area contributed by atoms with Crippen LogP contribution in [-0.2, 0) is 5.41 Å². The van der Waals surface area contributed by atoms with E-state index in [1.807, 2.05) is 20.8 Å². The molecule has 0 atom stereocenters. The Kier molecular flexibility index (Phi) is 11.2. The molecule has 0 bridgehead atoms. The van der Waals surface area contributed by atoms with Crippen LogP contribution in [0.4, 0.5) is 39.9 Å². The third-order valence-corrected chi connectivity index (χ3v) is 9.32. The van der Waals surface area contributed by atoms with E-state index in [0.29, 0.717) is 11.6 Å². The first-order chi connectivity index (χ1) is 25.4. The zero-order valence-electron chi connectivity index (χ0n) is 29.1. The van der Waals surface area contributed by atoms with Crippen molar-refractivity contribution in [3.8, 4) is 5.95 Å². The van der Waals surface area contributed by atoms with Crippen LogP contribution in [0.5, 0.6) is 0 Å². The van der Waals surface area contributed by atoms with Crippen LogP contribution in [-0.4, -0.2) is 85.0 Å². The Hall–Kier alpha value is -6.55. The molecule has 5 aromatic rings. The van der Waals surface area contributed by atoms with Gasteiger partial charge < -0.3 is 36.8 Å². The van der Waals surface area contributed by atoms with Crippen molar-refractivity contribution in [1.29, 1.82) is 0 Å². The molecule has 8 N–H and O–H groups in total. The zero-order chi connectivity index (χ0) is 39.5. The fraction of sp³-hybridized carbons (Fsp3) is 0.250. The zero-order valence-corrected chi connectivity index (χ0v) is 30.7. The second kappa shape index (κ2) is 15.6. The number of rotatable bonds is 14. The first-order valence-corrected chi connectivity index (χ1v) is 17.5. The predicted octanol–water partition coefficient (Wildman–Crippen LogP) is 6.23. The Labute approximate surface area is 313 Å². The lowest BCUT2D eigenvalue weighted by Crippen LogP contribution is -2.15. The average Bonchev–Trinajstić information content (AvgIpc) is 3.69. The maximum absolute atomic E-state index is 11.8. The molecule has 0 aliphatic heterocycles. The van der Waals surface area contributed by atoms with Crippen molar-refractivity contribution in [2.45, 2.75) is 44.4 Å². The van der Waals surface area contributed by atoms with Crippen LogP contribution in [0.1, 0.15) is 81.7 Å². The molecular formula is C32H32N12O8S2. The minimum Gasteiger partial charge on any atom is -0.478 e. The first kappa shape index (κ1) is 38.7. The molecule has 22 heteroatoms. The van der Waals surface area contributed by atoms with Crippen LogP contribution in [0.2, 0.25) is 0 Å². The Morgan fingerprint density at radius 2 is 1.28 bits per heavy atom. The molecule has 0 aliphatic rings. The minimum absolute atomic E-state index is 0.0299. The Morgan fingerprint density at radius 1 is 0.796 bits per heavy atom. The summed E-state index contributed by atoms with van der Waals surface area (Å²) in [4.78, 5) is 60.2. The van der Waals surface area contributed by atoms with Crippen molar-refractivity contribution >= 4 is 86.9 Å². The van der Waals surface area contributed by atoms with Gasteiger partial charge in [-0.2, -0.15) is 24.7 Å². The Bertz CT molecular complexity index is 2160. The molecule has 0 aliphatic carbocycles. The van der Waals surface area contributed by atoms with Gasteiger partial charge in [-0.05, 0) is 42.3 Å². The number of aromatic nitrogens is 7. The number of nitrogens with two attached hydrogens (primary N) is 1. The number of carboxylic acid groups (broad SMARTS) is 4. The molecule has 3 aromatic heterocycles. The summed E-state index contributed by atoms with van der Waals surface area (Å²) in [7, 11) is 0. The lowest BCUT2D eigenvalue weighted by Gasteiger charge is -2.15. The number of aromatic carboxylic acids is 4. The maximum Gasteiger partial charge on any atom is 0.335 e. The van der Waals surface area contributed by atoms with E-state index in [9.17, 15) is 39.6 Å². The van der Waals surface area contributed by atoms with Crippen molar-refractivity contribution in [1.82, 2.24) is 34.9 Å². The van der Waals surface area contributed by atoms with Gasteiger partial charge >= 0.3 is 23.9 Å². The molecule has 0 radical (unpaired) electrons. The molecule has 0 fully saturated rings. The van der Waals surface area contributed by atoms with Crippen LogP contribution < -0.4 is 16.4 Å². The molecule has 0 spiro atoms. The van der Waals surface area contributed by atoms with E-state index in [1.165, 1.54) is 11.3 Å². The second-order valence-corrected chi connectivity index (χ2v) is 15.1. The highest BCUT2D eigenvalue weighted by Crippen LogP contribution is 2.38. The molecule has 0 saturated carbocycles. The largest absolute Gasteiger partial charge is 0.478 e. The third kappa shape index (κ3) is 9.27. The molecular weight excluding hydrogens is 745 g/mol. The van der Waals surface area contributed by atoms with Gasteiger partial charge in [0, 0.05) is 22.5 Å². The number of nitrogens with zero attached hydrogens (tertiary/aromatic N) is 9. The highest BCUT2D eigenvalue weighted by molar-refractivity contribution is 8.01. The quantitative estimate of drug-likeness (QED) is 0.0485. The van der Waals surface area contributed by atoms with Gasteiger partial charge in [0.15, 0.2) is 15.8 Å². The van der Waals surface area contributed by atoms with E-state index in [4.69, 9.17) is 5.73 Å². The SMILES string of the molecule is CC(C)CSc1nnc(/N=N/c2c(C(C)(C)C)nn(-c3nc(Nc4cc(C(=O)O)cc(C(=O)O)c4)nc(Nc4cc(C(=O)O)cc(C(=O)O)c4)n3)c2N)s1. The number of nitrogen functional groups attached to an aromatic ring is 1. The minimum atomic E-state index is -1.40. The predicted molar refractivity (Wildman–Crippen MR) is 197 cm³/mol. The van der Waals surface area contributed by atoms with Gasteiger partial charge in [0.05, 0.1) is 27.9 Å². The molecule has 2 aromatic carbocycles. The van der Waals surface area contributed by atoms with Gasteiger partial charge in [-0.1, -0.05) is 57.7 Å². The lowest BCUT2D eigenvalue weighted by atomic mass is 9.91. The molecule has 0 unspecified atom stereocenters. The van der Waals surface area contributed by atoms with E-state index in [0.717, 1.165) is 51.2 Å². The van der Waals surface area contributed by atoms with Crippen LogP contribution in [0.15, 0.2) is 51.0 Å². The highest BCUT2D eigenvalue weighted by atomic mass is 32.2. The van der Waals surface area contributed by atoms with Gasteiger partial charge in [0.25, 0.3) is 11.1 Å². The molecule has 20 nitrogen and oxygen atoms in total. The van der Waals surface area contributed by atoms with Crippen LogP contribution in [0.25, 0.3) is 5.95 Å². The smallest absolute Gasteiger partial charge is 0.335 e. The van der Waals surface area contributed by atoms with Crippen molar-refractivity contribution in [3.63, 3.8) is 0 Å². The molecule has 280 valence electrons. The fourth-order valence-electron chi connectivity index (χ4n) is 4.53. The van der Waals surface area contributed by atoms with Crippen LogP contribution in [0.3, 0.4) is 0 Å². The molecule has 54 heavy (non-hydrogen) atoms. The normalized spacial score (nSPS) is 11.6. The van der Waals surface area contributed by atoms with E-state index < -0.39 is 29.3 Å². The second-order valence-electron chi connectivity index (χ2n) is 12.9. The number of thioether (sulfide) groups is 1. The number of nitrogens with one attached hydrogen (secondary N) is 2. The standard InChI is InChI=1S/C32H32N12O8S2/c1-13(2)12-53-31-42-41-30(54-31)40-39-20-21(32(3,4)5)43-44(22(20)33)29-37-27(34-18-8-14(23(45)46)6-15(9-18)24(47)48)36-28(38-29)35-19-10-16(25(49)50)7-17(11-19)26(51)52/h6-11,13H,12,33H2,1-5H3,(H,45,46)(H,47,48)(H,49,50)(H,51,52)(H2,34,35,36,37,38)/b40-39+. The van der Waals surface area contributed by atoms with Gasteiger partial charge in [0.2, 0.25) is 11.9 Å². The maximum atomic E-state index is 11.8. The number of hydrogen-bond acceptors (Lipinski definition) is 17. The number of anilines is 5. The fourth-order valence-corrected chi connectivity index (χ4v) is 6.17. The van der Waals surface area contributed by atoms with Crippen molar-refractivity contribution in [3.05, 3.63) is 64.3 Å². The van der Waals surface area contributed by atoms with Gasteiger partial charge in [0.1, 0.15) is 0 Å². The van der Waals surface area contributed by atoms with Crippen LogP contribution in [0, 0.1) is 5.92 Å². The number of carboxylic acids is 4. The summed E-state index contributed by atoms with van der Waals surface area (Å²) in [5.74, 6) is -5.14. The van der Waals surface area contributed by atoms with Crippen molar-refractivity contribution in [2.24, 2.45) is 16.1 Å². The number of azo groups is 1. The summed E-state index contributed by atoms with van der Waals surface area (Å²) in [6, 6.07) is 6.55. The molecule has 0 amide bonds. The summed E-state index contributed by atoms with van der Waals surface area (Å²) in [6.45, 7) is 9.77. The summed E-state index contributed by atoms with van der Waals surface area (Å²) in [6.07, 6.45) is 0. The average molecular weight is 777 g/mol. The topological polar surface area (TPSA) is 306 Å². The highest BCUT2D eigenvalue weighted by Gasteiger charge is 2.28. The monoisotopic (exact) mass is 776 g/mol. The van der Waals surface area contributed by atoms with Crippen molar-refractivity contribution in [2.75, 3.05) is 22.1 Å². The number of hydrogen-bond donors (Lipinski definition) is 7. The molecule has 0 saturated heterocycles. The Balaban J connectivity index is 1.64. The van der Waals surface area contributed by atoms with Gasteiger partial charge in [-0.3, -0.25) is 0 Å². The summed E-state index contributed by atoms with van der Waals surface area (Å²) in [5, 5.41) is 65.7.